The number of hydrogen-bond donors (Lipinski definition) is 2. The van der Waals surface area contributed by atoms with Gasteiger partial charge in [0, 0.05) is 6.20 Å². The Bertz CT molecular complexity index is 490. The van der Waals surface area contributed by atoms with E-state index in [9.17, 15) is 0 Å². The van der Waals surface area contributed by atoms with Gasteiger partial charge in [-0.05, 0) is 37.7 Å². The van der Waals surface area contributed by atoms with Crippen molar-refractivity contribution < 1.29 is 0 Å². The minimum Gasteiger partial charge on any atom is -0.339 e. The van der Waals surface area contributed by atoms with Crippen LogP contribution in [0.3, 0.4) is 0 Å². The van der Waals surface area contributed by atoms with Crippen LogP contribution in [0.15, 0.2) is 18.5 Å². The Morgan fingerprint density at radius 1 is 1.41 bits per heavy atom. The highest BCUT2D eigenvalue weighted by atomic mass is 15.0. The lowest BCUT2D eigenvalue weighted by atomic mass is 9.77. The van der Waals surface area contributed by atoms with E-state index in [1.807, 2.05) is 6.07 Å². The van der Waals surface area contributed by atoms with Crippen LogP contribution < -0.4 is 5.73 Å². The molecule has 17 heavy (non-hydrogen) atoms. The number of nitrogens with zero attached hydrogens (tertiary/aromatic N) is 2. The van der Waals surface area contributed by atoms with Gasteiger partial charge >= 0.3 is 0 Å². The molecule has 0 aromatic carbocycles. The first-order chi connectivity index (χ1) is 8.17. The summed E-state index contributed by atoms with van der Waals surface area (Å²) in [6, 6.07) is 1.92. The predicted molar refractivity (Wildman–Crippen MR) is 67.4 cm³/mol. The molecular weight excluding hydrogens is 212 g/mol. The second-order valence-corrected chi connectivity index (χ2v) is 5.32. The molecule has 90 valence electrons. The quantitative estimate of drug-likeness (QED) is 0.790. The Labute approximate surface area is 101 Å². The van der Waals surface area contributed by atoms with Gasteiger partial charge in [0.2, 0.25) is 0 Å². The molecule has 4 heteroatoms. The number of pyridine rings is 1. The molecule has 0 saturated heterocycles. The van der Waals surface area contributed by atoms with Crippen LogP contribution in [0.4, 0.5) is 0 Å². The Morgan fingerprint density at radius 2 is 2.18 bits per heavy atom. The second-order valence-electron chi connectivity index (χ2n) is 5.32. The van der Waals surface area contributed by atoms with E-state index in [2.05, 4.69) is 21.9 Å². The van der Waals surface area contributed by atoms with E-state index in [1.54, 1.807) is 12.4 Å². The number of H-pyrrole nitrogens is 1. The molecule has 0 amide bonds. The molecule has 0 unspecified atom stereocenters. The van der Waals surface area contributed by atoms with Gasteiger partial charge < -0.3 is 10.7 Å². The number of aromatic amines is 1. The fourth-order valence-corrected chi connectivity index (χ4v) is 2.61. The summed E-state index contributed by atoms with van der Waals surface area (Å²) >= 11 is 0. The van der Waals surface area contributed by atoms with Gasteiger partial charge in [-0.15, -0.1) is 0 Å². The molecule has 2 aromatic heterocycles. The van der Waals surface area contributed by atoms with E-state index in [0.29, 0.717) is 0 Å². The van der Waals surface area contributed by atoms with Crippen molar-refractivity contribution in [2.45, 2.75) is 38.1 Å². The lowest BCUT2D eigenvalue weighted by Gasteiger charge is -2.34. The van der Waals surface area contributed by atoms with Crippen LogP contribution in [0.1, 0.15) is 38.4 Å². The summed E-state index contributed by atoms with van der Waals surface area (Å²) in [5.41, 5.74) is 8.15. The molecule has 0 bridgehead atoms. The van der Waals surface area contributed by atoms with Gasteiger partial charge in [0.25, 0.3) is 0 Å². The van der Waals surface area contributed by atoms with Gasteiger partial charge in [-0.2, -0.15) is 0 Å². The Balaban J connectivity index is 1.97. The lowest BCUT2D eigenvalue weighted by Crippen LogP contribution is -2.41. The molecule has 2 heterocycles. The van der Waals surface area contributed by atoms with Crippen molar-refractivity contribution in [3.8, 4) is 0 Å². The third-order valence-electron chi connectivity index (χ3n) is 3.92. The fraction of sp³-hybridized carbons (Fsp3) is 0.538. The molecule has 1 aliphatic rings. The Hall–Kier alpha value is -1.42. The summed E-state index contributed by atoms with van der Waals surface area (Å²) in [4.78, 5) is 12.0. The van der Waals surface area contributed by atoms with Crippen molar-refractivity contribution in [2.75, 3.05) is 0 Å². The van der Waals surface area contributed by atoms with Crippen LogP contribution >= 0.6 is 0 Å². The van der Waals surface area contributed by atoms with Crippen molar-refractivity contribution >= 4 is 11.0 Å². The maximum atomic E-state index is 6.49. The highest BCUT2D eigenvalue weighted by Crippen LogP contribution is 2.36. The molecule has 0 spiro atoms. The van der Waals surface area contributed by atoms with Gasteiger partial charge in [-0.3, -0.25) is 4.98 Å². The van der Waals surface area contributed by atoms with Gasteiger partial charge in [0.1, 0.15) is 5.82 Å². The van der Waals surface area contributed by atoms with Crippen LogP contribution in [0.25, 0.3) is 11.0 Å². The standard InChI is InChI=1S/C13H18N4/c1-9-2-5-13(14,6-3-9)12-16-10-4-7-15-8-11(10)17-12/h4,7-9H,2-3,5-6,14H2,1H3,(H,16,17). The van der Waals surface area contributed by atoms with Crippen LogP contribution in [0, 0.1) is 5.92 Å². The highest BCUT2D eigenvalue weighted by Gasteiger charge is 2.34. The number of nitrogens with two attached hydrogens (primary N) is 1. The summed E-state index contributed by atoms with van der Waals surface area (Å²) in [6.07, 6.45) is 7.97. The monoisotopic (exact) mass is 230 g/mol. The van der Waals surface area contributed by atoms with Crippen LogP contribution in [0.5, 0.6) is 0 Å². The molecule has 3 N–H and O–H groups in total. The molecule has 1 saturated carbocycles. The van der Waals surface area contributed by atoms with Crippen LogP contribution in [0.2, 0.25) is 0 Å². The van der Waals surface area contributed by atoms with E-state index in [1.165, 1.54) is 12.8 Å². The smallest absolute Gasteiger partial charge is 0.127 e. The molecule has 3 rings (SSSR count). The zero-order chi connectivity index (χ0) is 11.9. The first-order valence-corrected chi connectivity index (χ1v) is 6.26. The molecular formula is C13H18N4. The third kappa shape index (κ3) is 1.82. The van der Waals surface area contributed by atoms with E-state index < -0.39 is 0 Å². The summed E-state index contributed by atoms with van der Waals surface area (Å²) in [7, 11) is 0. The maximum Gasteiger partial charge on any atom is 0.127 e. The zero-order valence-corrected chi connectivity index (χ0v) is 10.1. The Kier molecular flexibility index (Phi) is 2.40. The van der Waals surface area contributed by atoms with Crippen molar-refractivity contribution in [3.63, 3.8) is 0 Å². The summed E-state index contributed by atoms with van der Waals surface area (Å²) in [5.74, 6) is 1.71. The number of nitrogens with one attached hydrogen (secondary N) is 1. The van der Waals surface area contributed by atoms with E-state index in [0.717, 1.165) is 35.6 Å². The van der Waals surface area contributed by atoms with Crippen LogP contribution in [-0.2, 0) is 5.54 Å². The molecule has 1 fully saturated rings. The molecule has 0 atom stereocenters. The lowest BCUT2D eigenvalue weighted by molar-refractivity contribution is 0.238. The third-order valence-corrected chi connectivity index (χ3v) is 3.92. The number of fused-ring (bicyclic) bond motifs is 1. The summed E-state index contributed by atoms with van der Waals surface area (Å²) < 4.78 is 0. The summed E-state index contributed by atoms with van der Waals surface area (Å²) in [5, 5.41) is 0. The molecule has 4 nitrogen and oxygen atoms in total. The number of rotatable bonds is 1. The predicted octanol–water partition coefficient (Wildman–Crippen LogP) is 2.32. The minimum absolute atomic E-state index is 0.272. The number of imidazole rings is 1. The van der Waals surface area contributed by atoms with E-state index >= 15 is 0 Å². The van der Waals surface area contributed by atoms with Gasteiger partial charge in [0.05, 0.1) is 22.8 Å². The van der Waals surface area contributed by atoms with Crippen molar-refractivity contribution in [3.05, 3.63) is 24.3 Å². The molecule has 0 radical (unpaired) electrons. The Morgan fingerprint density at radius 3 is 2.88 bits per heavy atom. The SMILES string of the molecule is CC1CCC(N)(c2nc3ccncc3[nH]2)CC1. The highest BCUT2D eigenvalue weighted by molar-refractivity contribution is 5.73. The second kappa shape index (κ2) is 3.81. The first kappa shape index (κ1) is 10.7. The van der Waals surface area contributed by atoms with E-state index in [4.69, 9.17) is 5.73 Å². The minimum atomic E-state index is -0.272. The summed E-state index contributed by atoms with van der Waals surface area (Å²) in [6.45, 7) is 2.29. The molecule has 2 aromatic rings. The largest absolute Gasteiger partial charge is 0.339 e. The van der Waals surface area contributed by atoms with E-state index in [-0.39, 0.29) is 5.54 Å². The van der Waals surface area contributed by atoms with Crippen molar-refractivity contribution in [2.24, 2.45) is 11.7 Å². The number of aromatic nitrogens is 3. The maximum absolute atomic E-state index is 6.49. The molecule has 0 aliphatic heterocycles. The van der Waals surface area contributed by atoms with Crippen LogP contribution in [-0.4, -0.2) is 15.0 Å². The van der Waals surface area contributed by atoms with Crippen molar-refractivity contribution in [1.29, 1.82) is 0 Å². The fourth-order valence-electron chi connectivity index (χ4n) is 2.61. The first-order valence-electron chi connectivity index (χ1n) is 6.26. The normalized spacial score (nSPS) is 29.6. The average Bonchev–Trinajstić information content (AvgIpc) is 2.77. The molecule has 1 aliphatic carbocycles. The topological polar surface area (TPSA) is 67.6 Å². The van der Waals surface area contributed by atoms with Gasteiger partial charge in [-0.1, -0.05) is 6.92 Å². The van der Waals surface area contributed by atoms with Gasteiger partial charge in [-0.25, -0.2) is 4.98 Å². The average molecular weight is 230 g/mol. The van der Waals surface area contributed by atoms with Gasteiger partial charge in [0.15, 0.2) is 0 Å². The van der Waals surface area contributed by atoms with Crippen molar-refractivity contribution in [1.82, 2.24) is 15.0 Å². The zero-order valence-electron chi connectivity index (χ0n) is 10.1. The number of hydrogen-bond acceptors (Lipinski definition) is 3.